The molecule has 1 aromatic heterocycles. The molecule has 0 aliphatic rings. The van der Waals surface area contributed by atoms with Gasteiger partial charge in [0.2, 0.25) is 0 Å². The number of thiophene rings is 1. The van der Waals surface area contributed by atoms with E-state index in [9.17, 15) is 0 Å². The third kappa shape index (κ3) is 3.33. The van der Waals surface area contributed by atoms with Gasteiger partial charge in [0.05, 0.1) is 12.1 Å². The first-order valence-electron chi connectivity index (χ1n) is 5.38. The topological polar surface area (TPSA) is 35.8 Å². The number of hydrogen-bond donors (Lipinski definition) is 1. The maximum absolute atomic E-state index is 8.95. The summed E-state index contributed by atoms with van der Waals surface area (Å²) in [6.45, 7) is 6.40. The van der Waals surface area contributed by atoms with E-state index in [0.29, 0.717) is 12.0 Å². The highest BCUT2D eigenvalue weighted by Gasteiger charge is 2.19. The standard InChI is InChI=1S/C12H18N2S/c1-4-10(8-13)14-12(9(2)3)11-6-5-7-15-11/h5-7,9-10,12,14H,4H2,1-3H3. The van der Waals surface area contributed by atoms with Gasteiger partial charge >= 0.3 is 0 Å². The largest absolute Gasteiger partial charge is 0.294 e. The first-order valence-corrected chi connectivity index (χ1v) is 6.26. The highest BCUT2D eigenvalue weighted by Crippen LogP contribution is 2.26. The van der Waals surface area contributed by atoms with Crippen molar-refractivity contribution in [3.05, 3.63) is 22.4 Å². The maximum atomic E-state index is 8.95. The van der Waals surface area contributed by atoms with Crippen LogP contribution in [0.3, 0.4) is 0 Å². The number of nitrogens with zero attached hydrogens (tertiary/aromatic N) is 1. The molecule has 0 amide bonds. The molecule has 0 fully saturated rings. The van der Waals surface area contributed by atoms with Gasteiger partial charge in [-0.25, -0.2) is 0 Å². The Balaban J connectivity index is 2.72. The van der Waals surface area contributed by atoms with Crippen molar-refractivity contribution < 1.29 is 0 Å². The van der Waals surface area contributed by atoms with Gasteiger partial charge in [-0.15, -0.1) is 11.3 Å². The second-order valence-corrected chi connectivity index (χ2v) is 4.97. The molecule has 15 heavy (non-hydrogen) atoms. The Morgan fingerprint density at radius 3 is 2.67 bits per heavy atom. The molecule has 0 spiro atoms. The average Bonchev–Trinajstić information content (AvgIpc) is 2.72. The molecule has 2 unspecified atom stereocenters. The zero-order valence-electron chi connectivity index (χ0n) is 9.53. The number of nitrogens with one attached hydrogen (secondary N) is 1. The predicted molar refractivity (Wildman–Crippen MR) is 64.7 cm³/mol. The minimum absolute atomic E-state index is 0.0421. The second kappa shape index (κ2) is 5.89. The van der Waals surface area contributed by atoms with Gasteiger partial charge in [0.1, 0.15) is 0 Å². The van der Waals surface area contributed by atoms with E-state index in [0.717, 1.165) is 6.42 Å². The van der Waals surface area contributed by atoms with E-state index in [-0.39, 0.29) is 6.04 Å². The fraction of sp³-hybridized carbons (Fsp3) is 0.583. The molecule has 1 N–H and O–H groups in total. The van der Waals surface area contributed by atoms with Gasteiger partial charge in [-0.3, -0.25) is 5.32 Å². The van der Waals surface area contributed by atoms with E-state index in [1.54, 1.807) is 11.3 Å². The molecule has 0 aliphatic heterocycles. The van der Waals surface area contributed by atoms with E-state index in [1.165, 1.54) is 4.88 Å². The van der Waals surface area contributed by atoms with Crippen LogP contribution in [0, 0.1) is 17.2 Å². The van der Waals surface area contributed by atoms with Crippen molar-refractivity contribution in [1.29, 1.82) is 5.26 Å². The number of nitriles is 1. The van der Waals surface area contributed by atoms with Gasteiger partial charge in [0.15, 0.2) is 0 Å². The SMILES string of the molecule is CCC(C#N)NC(c1cccs1)C(C)C. The summed E-state index contributed by atoms with van der Waals surface area (Å²) in [5.74, 6) is 0.506. The highest BCUT2D eigenvalue weighted by molar-refractivity contribution is 7.10. The van der Waals surface area contributed by atoms with Crippen LogP contribution in [-0.4, -0.2) is 6.04 Å². The molecule has 1 heterocycles. The summed E-state index contributed by atoms with van der Waals surface area (Å²) >= 11 is 1.75. The summed E-state index contributed by atoms with van der Waals surface area (Å²) in [4.78, 5) is 1.32. The van der Waals surface area contributed by atoms with Crippen molar-refractivity contribution in [2.24, 2.45) is 5.92 Å². The summed E-state index contributed by atoms with van der Waals surface area (Å²) < 4.78 is 0. The van der Waals surface area contributed by atoms with E-state index >= 15 is 0 Å². The normalized spacial score (nSPS) is 14.9. The molecule has 82 valence electrons. The Kier molecular flexibility index (Phi) is 4.80. The van der Waals surface area contributed by atoms with Crippen molar-refractivity contribution in [3.8, 4) is 6.07 Å². The third-order valence-electron chi connectivity index (χ3n) is 2.46. The molecule has 1 rings (SSSR count). The average molecular weight is 222 g/mol. The van der Waals surface area contributed by atoms with Crippen LogP contribution in [0.5, 0.6) is 0 Å². The Labute approximate surface area is 95.9 Å². The fourth-order valence-corrected chi connectivity index (χ4v) is 2.49. The van der Waals surface area contributed by atoms with Gasteiger partial charge in [-0.1, -0.05) is 26.8 Å². The summed E-state index contributed by atoms with van der Waals surface area (Å²) in [5, 5.41) is 14.4. The monoisotopic (exact) mass is 222 g/mol. The van der Waals surface area contributed by atoms with Gasteiger partial charge < -0.3 is 0 Å². The molecule has 2 nitrogen and oxygen atoms in total. The van der Waals surface area contributed by atoms with Crippen molar-refractivity contribution >= 4 is 11.3 Å². The quantitative estimate of drug-likeness (QED) is 0.829. The minimum atomic E-state index is -0.0421. The van der Waals surface area contributed by atoms with E-state index in [1.807, 2.05) is 6.92 Å². The molecule has 0 saturated heterocycles. The lowest BCUT2D eigenvalue weighted by Gasteiger charge is -2.23. The van der Waals surface area contributed by atoms with E-state index in [4.69, 9.17) is 5.26 Å². The zero-order chi connectivity index (χ0) is 11.3. The molecule has 0 radical (unpaired) electrons. The van der Waals surface area contributed by atoms with Crippen LogP contribution in [0.25, 0.3) is 0 Å². The summed E-state index contributed by atoms with van der Waals surface area (Å²) in [5.41, 5.74) is 0. The summed E-state index contributed by atoms with van der Waals surface area (Å²) in [7, 11) is 0. The first kappa shape index (κ1) is 12.2. The van der Waals surface area contributed by atoms with E-state index < -0.39 is 0 Å². The smallest absolute Gasteiger partial charge is 0.0955 e. The zero-order valence-corrected chi connectivity index (χ0v) is 10.3. The van der Waals surface area contributed by atoms with Crippen molar-refractivity contribution in [2.75, 3.05) is 0 Å². The Morgan fingerprint density at radius 1 is 1.53 bits per heavy atom. The van der Waals surface area contributed by atoms with Crippen LogP contribution in [0.2, 0.25) is 0 Å². The Hall–Kier alpha value is -0.850. The van der Waals surface area contributed by atoms with Crippen LogP contribution >= 0.6 is 11.3 Å². The molecule has 2 atom stereocenters. The lowest BCUT2D eigenvalue weighted by Crippen LogP contribution is -2.33. The lowest BCUT2D eigenvalue weighted by atomic mass is 10.0. The number of rotatable bonds is 5. The summed E-state index contributed by atoms with van der Waals surface area (Å²) in [6.07, 6.45) is 0.852. The van der Waals surface area contributed by atoms with Crippen LogP contribution in [0.1, 0.15) is 38.1 Å². The van der Waals surface area contributed by atoms with Gasteiger partial charge in [0, 0.05) is 10.9 Å². The molecule has 0 aromatic carbocycles. The second-order valence-electron chi connectivity index (χ2n) is 3.99. The Bertz CT molecular complexity index is 311. The molecule has 0 saturated carbocycles. The third-order valence-corrected chi connectivity index (χ3v) is 3.42. The van der Waals surface area contributed by atoms with Crippen LogP contribution in [0.15, 0.2) is 17.5 Å². The molecule has 0 aliphatic carbocycles. The molecular weight excluding hydrogens is 204 g/mol. The van der Waals surface area contributed by atoms with Crippen LogP contribution in [0.4, 0.5) is 0 Å². The Morgan fingerprint density at radius 2 is 2.27 bits per heavy atom. The van der Waals surface area contributed by atoms with Crippen molar-refractivity contribution in [2.45, 2.75) is 39.3 Å². The fourth-order valence-electron chi connectivity index (χ4n) is 1.53. The maximum Gasteiger partial charge on any atom is 0.0955 e. The van der Waals surface area contributed by atoms with Gasteiger partial charge in [-0.2, -0.15) is 5.26 Å². The minimum Gasteiger partial charge on any atom is -0.294 e. The van der Waals surface area contributed by atoms with Gasteiger partial charge in [-0.05, 0) is 23.8 Å². The predicted octanol–water partition coefficient (Wildman–Crippen LogP) is 3.34. The number of hydrogen-bond acceptors (Lipinski definition) is 3. The van der Waals surface area contributed by atoms with Crippen molar-refractivity contribution in [3.63, 3.8) is 0 Å². The molecule has 3 heteroatoms. The summed E-state index contributed by atoms with van der Waals surface area (Å²) in [6, 6.07) is 6.74. The van der Waals surface area contributed by atoms with Crippen LogP contribution in [-0.2, 0) is 0 Å². The first-order chi connectivity index (χ1) is 7.19. The highest BCUT2D eigenvalue weighted by atomic mass is 32.1. The van der Waals surface area contributed by atoms with Gasteiger partial charge in [0.25, 0.3) is 0 Å². The molecule has 1 aromatic rings. The molecule has 0 bridgehead atoms. The van der Waals surface area contributed by atoms with Crippen LogP contribution < -0.4 is 5.32 Å². The van der Waals surface area contributed by atoms with E-state index in [2.05, 4.69) is 42.7 Å². The van der Waals surface area contributed by atoms with Crippen molar-refractivity contribution in [1.82, 2.24) is 5.32 Å². The molecular formula is C12H18N2S. The lowest BCUT2D eigenvalue weighted by molar-refractivity contribution is 0.389.